The zero-order valence-corrected chi connectivity index (χ0v) is 17.8. The van der Waals surface area contributed by atoms with Gasteiger partial charge in [0.25, 0.3) is 0 Å². The average Bonchev–Trinajstić information content (AvgIpc) is 3.38. The predicted molar refractivity (Wildman–Crippen MR) is 123 cm³/mol. The molecule has 3 nitrogen and oxygen atoms in total. The van der Waals surface area contributed by atoms with Crippen molar-refractivity contribution >= 4 is 91.0 Å². The number of benzene rings is 1. The molecule has 0 fully saturated rings. The van der Waals surface area contributed by atoms with Gasteiger partial charge in [0.1, 0.15) is 11.1 Å². The first-order valence-corrected chi connectivity index (χ1v) is 11.5. The van der Waals surface area contributed by atoms with Crippen molar-refractivity contribution in [3.05, 3.63) is 46.3 Å². The van der Waals surface area contributed by atoms with E-state index in [0.29, 0.717) is 5.57 Å². The average molecular weight is 424 g/mol. The molecule has 0 saturated heterocycles. The Labute approximate surface area is 172 Å². The molecule has 0 saturated carbocycles. The van der Waals surface area contributed by atoms with Crippen molar-refractivity contribution < 1.29 is 0 Å². The van der Waals surface area contributed by atoms with Crippen LogP contribution in [0.1, 0.15) is 9.88 Å². The van der Waals surface area contributed by atoms with Gasteiger partial charge < -0.3 is 4.90 Å². The molecule has 0 aliphatic carbocycles. The number of hydrogen-bond acceptors (Lipinski definition) is 7. The molecule has 0 N–H and O–H groups in total. The number of thiazole rings is 1. The first kappa shape index (κ1) is 16.9. The summed E-state index contributed by atoms with van der Waals surface area (Å²) in [7, 11) is 4.15. The summed E-state index contributed by atoms with van der Waals surface area (Å²) in [5, 5.41) is 11.7. The number of allylic oxidation sites excluding steroid dienone is 1. The highest BCUT2D eigenvalue weighted by atomic mass is 32.1. The van der Waals surface area contributed by atoms with Gasteiger partial charge in [-0.05, 0) is 30.3 Å². The van der Waals surface area contributed by atoms with Crippen LogP contribution in [0.3, 0.4) is 0 Å². The van der Waals surface area contributed by atoms with Gasteiger partial charge >= 0.3 is 0 Å². The first-order valence-electron chi connectivity index (χ1n) is 8.23. The fourth-order valence-corrected chi connectivity index (χ4v) is 7.73. The zero-order valence-electron chi connectivity index (χ0n) is 14.5. The SMILES string of the molecule is CN(C)c1cc2sc3cc(/C=C(\C#N)c4nc5ccccc5s4)sc3c2s1. The van der Waals surface area contributed by atoms with Gasteiger partial charge in [0, 0.05) is 28.4 Å². The van der Waals surface area contributed by atoms with Crippen molar-refractivity contribution in [3.8, 4) is 6.07 Å². The van der Waals surface area contributed by atoms with Crippen molar-refractivity contribution in [2.24, 2.45) is 0 Å². The second kappa shape index (κ2) is 6.43. The lowest BCUT2D eigenvalue weighted by Gasteiger charge is -2.06. The van der Waals surface area contributed by atoms with E-state index < -0.39 is 0 Å². The van der Waals surface area contributed by atoms with Gasteiger partial charge in [-0.25, -0.2) is 4.98 Å². The molecule has 27 heavy (non-hydrogen) atoms. The topological polar surface area (TPSA) is 39.9 Å². The van der Waals surface area contributed by atoms with Crippen LogP contribution in [0.25, 0.3) is 40.7 Å². The van der Waals surface area contributed by atoms with Gasteiger partial charge in [-0.2, -0.15) is 5.26 Å². The quantitative estimate of drug-likeness (QED) is 0.296. The molecule has 0 radical (unpaired) electrons. The van der Waals surface area contributed by atoms with Crippen LogP contribution in [-0.4, -0.2) is 19.1 Å². The van der Waals surface area contributed by atoms with E-state index in [1.165, 1.54) is 23.8 Å². The molecular formula is C20H13N3S4. The Balaban J connectivity index is 1.59. The monoisotopic (exact) mass is 423 g/mol. The number of thiophene rings is 3. The molecule has 0 aliphatic heterocycles. The third-order valence-corrected chi connectivity index (χ3v) is 9.16. The Kier molecular flexibility index (Phi) is 4.02. The van der Waals surface area contributed by atoms with E-state index in [0.717, 1.165) is 20.1 Å². The maximum absolute atomic E-state index is 9.68. The molecule has 0 aliphatic rings. The highest BCUT2D eigenvalue weighted by Gasteiger charge is 2.15. The number of anilines is 1. The van der Waals surface area contributed by atoms with E-state index in [-0.39, 0.29) is 0 Å². The van der Waals surface area contributed by atoms with E-state index in [2.05, 4.69) is 42.2 Å². The van der Waals surface area contributed by atoms with Gasteiger partial charge in [0.15, 0.2) is 0 Å². The molecule has 7 heteroatoms. The van der Waals surface area contributed by atoms with Crippen LogP contribution < -0.4 is 4.90 Å². The van der Waals surface area contributed by atoms with Crippen molar-refractivity contribution in [2.75, 3.05) is 19.0 Å². The highest BCUT2D eigenvalue weighted by molar-refractivity contribution is 7.39. The minimum Gasteiger partial charge on any atom is -0.370 e. The minimum absolute atomic E-state index is 0.626. The molecule has 4 heterocycles. The number of nitrogens with zero attached hydrogens (tertiary/aromatic N) is 3. The standard InChI is InChI=1S/C20H13N3S4/c1-23(2)17-9-16-19(27-17)18-15(25-16)8-12(24-18)7-11(10-21)20-22-13-5-3-4-6-14(13)26-20/h3-9H,1-2H3/b11-7+. The lowest BCUT2D eigenvalue weighted by atomic mass is 10.2. The Bertz CT molecular complexity index is 1340. The van der Waals surface area contributed by atoms with Crippen LogP contribution in [-0.2, 0) is 0 Å². The van der Waals surface area contributed by atoms with Crippen LogP contribution in [0.4, 0.5) is 5.00 Å². The second-order valence-electron chi connectivity index (χ2n) is 6.27. The van der Waals surface area contributed by atoms with Crippen molar-refractivity contribution in [3.63, 3.8) is 0 Å². The minimum atomic E-state index is 0.626. The number of rotatable bonds is 3. The fourth-order valence-electron chi connectivity index (χ4n) is 2.90. The van der Waals surface area contributed by atoms with E-state index in [4.69, 9.17) is 0 Å². The lowest BCUT2D eigenvalue weighted by Crippen LogP contribution is -2.05. The largest absolute Gasteiger partial charge is 0.370 e. The zero-order chi connectivity index (χ0) is 18.5. The fraction of sp³-hybridized carbons (Fsp3) is 0.100. The molecule has 5 rings (SSSR count). The summed E-state index contributed by atoms with van der Waals surface area (Å²) in [5.41, 5.74) is 1.57. The second-order valence-corrected chi connectivity index (χ2v) is 10.5. The third-order valence-electron chi connectivity index (χ3n) is 4.20. The van der Waals surface area contributed by atoms with Crippen LogP contribution in [0, 0.1) is 11.3 Å². The smallest absolute Gasteiger partial charge is 0.135 e. The number of fused-ring (bicyclic) bond motifs is 4. The van der Waals surface area contributed by atoms with Gasteiger partial charge in [-0.1, -0.05) is 12.1 Å². The summed E-state index contributed by atoms with van der Waals surface area (Å²) in [4.78, 5) is 7.88. The van der Waals surface area contributed by atoms with Crippen molar-refractivity contribution in [1.82, 2.24) is 4.98 Å². The summed E-state index contributed by atoms with van der Waals surface area (Å²) >= 11 is 6.98. The van der Waals surface area contributed by atoms with Crippen LogP contribution in [0.15, 0.2) is 36.4 Å². The molecular weight excluding hydrogens is 411 g/mol. The first-order chi connectivity index (χ1) is 13.1. The molecule has 0 amide bonds. The summed E-state index contributed by atoms with van der Waals surface area (Å²) in [6, 6.07) is 14.8. The van der Waals surface area contributed by atoms with Gasteiger partial charge in [0.2, 0.25) is 0 Å². The molecule has 0 unspecified atom stereocenters. The number of hydrogen-bond donors (Lipinski definition) is 0. The van der Waals surface area contributed by atoms with Crippen LogP contribution >= 0.6 is 45.3 Å². The molecule has 0 atom stereocenters. The predicted octanol–water partition coefficient (Wildman–Crippen LogP) is 6.92. The Morgan fingerprint density at radius 1 is 1.00 bits per heavy atom. The highest BCUT2D eigenvalue weighted by Crippen LogP contribution is 2.46. The number of nitriles is 1. The maximum atomic E-state index is 9.68. The van der Waals surface area contributed by atoms with Crippen molar-refractivity contribution in [1.29, 1.82) is 5.26 Å². The summed E-state index contributed by atoms with van der Waals surface area (Å²) < 4.78 is 6.41. The van der Waals surface area contributed by atoms with Gasteiger partial charge in [0.05, 0.1) is 30.2 Å². The molecule has 0 spiro atoms. The summed E-state index contributed by atoms with van der Waals surface area (Å²) in [6.07, 6.45) is 1.97. The van der Waals surface area contributed by atoms with E-state index in [1.807, 2.05) is 53.0 Å². The normalized spacial score (nSPS) is 12.3. The van der Waals surface area contributed by atoms with E-state index >= 15 is 0 Å². The Morgan fingerprint density at radius 2 is 1.78 bits per heavy atom. The van der Waals surface area contributed by atoms with Crippen molar-refractivity contribution in [2.45, 2.75) is 0 Å². The molecule has 4 aromatic heterocycles. The number of aromatic nitrogens is 1. The molecule has 1 aromatic carbocycles. The molecule has 5 aromatic rings. The third kappa shape index (κ3) is 2.86. The lowest BCUT2D eigenvalue weighted by molar-refractivity contribution is 1.16. The van der Waals surface area contributed by atoms with Crippen LogP contribution in [0.5, 0.6) is 0 Å². The van der Waals surface area contributed by atoms with Crippen LogP contribution in [0.2, 0.25) is 0 Å². The van der Waals surface area contributed by atoms with Gasteiger partial charge in [-0.15, -0.1) is 45.3 Å². The van der Waals surface area contributed by atoms with Gasteiger partial charge in [-0.3, -0.25) is 0 Å². The molecule has 0 bridgehead atoms. The molecule has 132 valence electrons. The maximum Gasteiger partial charge on any atom is 0.135 e. The summed E-state index contributed by atoms with van der Waals surface area (Å²) in [5.74, 6) is 0. The Morgan fingerprint density at radius 3 is 2.56 bits per heavy atom. The van der Waals surface area contributed by atoms with E-state index in [9.17, 15) is 5.26 Å². The van der Waals surface area contributed by atoms with E-state index in [1.54, 1.807) is 22.7 Å². The Hall–Kier alpha value is -2.24. The number of para-hydroxylation sites is 1. The summed E-state index contributed by atoms with van der Waals surface area (Å²) in [6.45, 7) is 0.